The van der Waals surface area contributed by atoms with Crippen molar-refractivity contribution < 1.29 is 25.8 Å². The zero-order chi connectivity index (χ0) is 50.7. The van der Waals surface area contributed by atoms with Crippen LogP contribution in [0.3, 0.4) is 0 Å². The Morgan fingerprint density at radius 1 is 0.548 bits per heavy atom. The first-order valence-corrected chi connectivity index (χ1v) is 25.5. The molecule has 1 aliphatic heterocycles. The number of aromatic nitrogens is 2. The van der Waals surface area contributed by atoms with Crippen LogP contribution >= 0.6 is 0 Å². The number of ether oxygens (including phenoxy) is 1. The molecule has 0 aliphatic carbocycles. The second-order valence-electron chi connectivity index (χ2n) is 23.0. The molecule has 0 saturated carbocycles. The predicted octanol–water partition coefficient (Wildman–Crippen LogP) is 17.6. The van der Waals surface area contributed by atoms with Crippen LogP contribution in [0.15, 0.2) is 182 Å². The fourth-order valence-corrected chi connectivity index (χ4v) is 10.3. The Bertz CT molecular complexity index is 3410. The van der Waals surface area contributed by atoms with E-state index in [1.165, 1.54) is 39.1 Å². The Hall–Kier alpha value is -6.68. The summed E-state index contributed by atoms with van der Waals surface area (Å²) in [5, 5.41) is 2.23. The molecule has 374 valence electrons. The molecule has 0 fully saturated rings. The second-order valence-corrected chi connectivity index (χ2v) is 23.0. The first-order valence-electron chi connectivity index (χ1n) is 25.5. The number of allylic oxidation sites excluding steroid dienone is 1. The van der Waals surface area contributed by atoms with Gasteiger partial charge < -0.3 is 19.1 Å². The molecule has 0 radical (unpaired) electrons. The predicted molar refractivity (Wildman–Crippen MR) is 301 cm³/mol. The van der Waals surface area contributed by atoms with Gasteiger partial charge in [0.2, 0.25) is 0 Å². The van der Waals surface area contributed by atoms with Crippen LogP contribution in [-0.4, -0.2) is 9.55 Å². The number of fused-ring (bicyclic) bond motifs is 3. The third-order valence-electron chi connectivity index (χ3n) is 14.8. The van der Waals surface area contributed by atoms with Crippen LogP contribution < -0.4 is 14.5 Å². The summed E-state index contributed by atoms with van der Waals surface area (Å²) >= 11 is 0. The van der Waals surface area contributed by atoms with Crippen molar-refractivity contribution in [3.05, 3.63) is 234 Å². The minimum Gasteiger partial charge on any atom is -0.509 e. The van der Waals surface area contributed by atoms with Crippen LogP contribution in [0.2, 0.25) is 0 Å². The molecule has 6 heteroatoms. The molecule has 0 N–H and O–H groups in total. The van der Waals surface area contributed by atoms with Gasteiger partial charge in [-0.3, -0.25) is 0 Å². The number of hydrogen-bond donors (Lipinski definition) is 0. The number of hydrogen-bond acceptors (Lipinski definition) is 4. The summed E-state index contributed by atoms with van der Waals surface area (Å²) in [5.74, 6) is 2.36. The Morgan fingerprint density at radius 3 is 1.79 bits per heavy atom. The standard InChI is InChI=1S/C67H67N4O.Pt/c1-45(2)56-27-19-20-28-57(56)46-35-52(41-55(36-46)72-54-31-32-59-58-29-21-22-30-60(58)71(61(59)42-54)63-40-49(33-34-68-63)64(3,4)5)69-43-62(65(6,7)8)70(44-69)53-38-50(66(9,10)47-23-15-13-16-24-47)37-51(39-53)67(11,12)48-25-17-14-18-26-48;/h13-40,43-45H,1-12H3;/q-3;. The maximum Gasteiger partial charge on any atom is 0.135 e. The van der Waals surface area contributed by atoms with Crippen molar-refractivity contribution in [3.63, 3.8) is 0 Å². The van der Waals surface area contributed by atoms with Gasteiger partial charge in [-0.2, -0.15) is 6.07 Å². The van der Waals surface area contributed by atoms with Crippen molar-refractivity contribution in [2.75, 3.05) is 9.80 Å². The summed E-state index contributed by atoms with van der Waals surface area (Å²) in [6, 6.07) is 66.5. The third-order valence-corrected chi connectivity index (χ3v) is 14.8. The van der Waals surface area contributed by atoms with Crippen molar-refractivity contribution in [1.29, 1.82) is 0 Å². The van der Waals surface area contributed by atoms with Crippen molar-refractivity contribution in [3.8, 4) is 28.4 Å². The van der Waals surface area contributed by atoms with Crippen molar-refractivity contribution in [1.82, 2.24) is 9.55 Å². The first-order chi connectivity index (χ1) is 34.3. The molecule has 0 saturated heterocycles. The number of nitrogens with zero attached hydrogens (tertiary/aromatic N) is 4. The molecule has 1 aliphatic rings. The van der Waals surface area contributed by atoms with Gasteiger partial charge in [0.1, 0.15) is 5.82 Å². The molecule has 0 unspecified atom stereocenters. The topological polar surface area (TPSA) is 33.5 Å². The van der Waals surface area contributed by atoms with Gasteiger partial charge >= 0.3 is 0 Å². The molecule has 3 heterocycles. The first kappa shape index (κ1) is 51.2. The van der Waals surface area contributed by atoms with Crippen LogP contribution in [0, 0.1) is 24.2 Å². The molecule has 10 rings (SSSR count). The van der Waals surface area contributed by atoms with Crippen molar-refractivity contribution >= 4 is 33.2 Å². The van der Waals surface area contributed by atoms with Crippen LogP contribution in [0.4, 0.5) is 11.4 Å². The zero-order valence-corrected chi connectivity index (χ0v) is 46.7. The van der Waals surface area contributed by atoms with E-state index < -0.39 is 0 Å². The van der Waals surface area contributed by atoms with Crippen LogP contribution in [0.25, 0.3) is 38.8 Å². The largest absolute Gasteiger partial charge is 0.509 e. The molecule has 9 aromatic rings. The Morgan fingerprint density at radius 2 is 1.16 bits per heavy atom. The fourth-order valence-electron chi connectivity index (χ4n) is 10.3. The van der Waals surface area contributed by atoms with E-state index in [4.69, 9.17) is 9.72 Å². The number of rotatable bonds is 11. The van der Waals surface area contributed by atoms with Crippen LogP contribution in [0.5, 0.6) is 11.5 Å². The van der Waals surface area contributed by atoms with E-state index in [9.17, 15) is 0 Å². The molecular weight excluding hydrogens is 1070 g/mol. The van der Waals surface area contributed by atoms with Gasteiger partial charge in [-0.25, -0.2) is 4.98 Å². The Labute approximate surface area is 448 Å². The van der Waals surface area contributed by atoms with Crippen molar-refractivity contribution in [2.45, 2.75) is 105 Å². The fraction of sp³-hybridized carbons (Fsp3) is 0.254. The van der Waals surface area contributed by atoms with E-state index in [1.54, 1.807) is 0 Å². The zero-order valence-electron chi connectivity index (χ0n) is 44.4. The van der Waals surface area contributed by atoms with Crippen LogP contribution in [-0.2, 0) is 37.3 Å². The SMILES string of the molecule is CC(C)c1ccccc1-c1cc(Oc2[c-]c3c(cc2)c2ccccc2n3-c2cc(C(C)(C)C)ccn2)[c-]c(N2C=C(C(C)(C)C)N(c3cc(C(C)(C)c4ccccc4)cc(C(C)(C)c4ccccc4)c3)[CH-]2)c1.[Pt]. The summed E-state index contributed by atoms with van der Waals surface area (Å²) in [6.45, 7) is 29.7. The van der Waals surface area contributed by atoms with Gasteiger partial charge in [0.05, 0.1) is 0 Å². The molecule has 2 aromatic heterocycles. The number of para-hydroxylation sites is 1. The molecule has 0 amide bonds. The Kier molecular flexibility index (Phi) is 13.8. The number of benzene rings is 7. The minimum absolute atomic E-state index is 0. The van der Waals surface area contributed by atoms with Gasteiger partial charge in [-0.15, -0.1) is 53.6 Å². The summed E-state index contributed by atoms with van der Waals surface area (Å²) in [5.41, 5.74) is 14.1. The van der Waals surface area contributed by atoms with Gasteiger partial charge in [0.25, 0.3) is 0 Å². The van der Waals surface area contributed by atoms with E-state index in [0.29, 0.717) is 17.4 Å². The maximum absolute atomic E-state index is 6.99. The molecule has 0 atom stereocenters. The van der Waals surface area contributed by atoms with E-state index in [-0.39, 0.29) is 42.7 Å². The normalized spacial score (nSPS) is 13.5. The second kappa shape index (κ2) is 19.6. The van der Waals surface area contributed by atoms with E-state index in [2.05, 4.69) is 280 Å². The van der Waals surface area contributed by atoms with E-state index in [1.807, 2.05) is 12.3 Å². The molecule has 0 spiro atoms. The summed E-state index contributed by atoms with van der Waals surface area (Å²) in [6.07, 6.45) is 4.19. The smallest absolute Gasteiger partial charge is 0.135 e. The van der Waals surface area contributed by atoms with Gasteiger partial charge in [0, 0.05) is 71.9 Å². The van der Waals surface area contributed by atoms with E-state index in [0.717, 1.165) is 50.1 Å². The molecule has 73 heavy (non-hydrogen) atoms. The number of anilines is 2. The monoisotopic (exact) mass is 1140 g/mol. The Balaban J connectivity index is 0.00000656. The average Bonchev–Trinajstić information content (AvgIpc) is 3.98. The summed E-state index contributed by atoms with van der Waals surface area (Å²) in [7, 11) is 0. The number of pyridine rings is 1. The third kappa shape index (κ3) is 9.94. The van der Waals surface area contributed by atoms with Crippen LogP contribution in [0.1, 0.15) is 122 Å². The molecule has 7 aromatic carbocycles. The molecule has 0 bridgehead atoms. The quantitative estimate of drug-likeness (QED) is 0.121. The van der Waals surface area contributed by atoms with Gasteiger partial charge in [-0.05, 0) is 92.2 Å². The maximum atomic E-state index is 6.99. The average molecular weight is 1140 g/mol. The van der Waals surface area contributed by atoms with Crippen molar-refractivity contribution in [2.24, 2.45) is 5.41 Å². The van der Waals surface area contributed by atoms with Gasteiger partial charge in [0.15, 0.2) is 0 Å². The molecule has 5 nitrogen and oxygen atoms in total. The molecular formula is C67H67N4OPt-3. The summed E-state index contributed by atoms with van der Waals surface area (Å²) in [4.78, 5) is 9.54. The minimum atomic E-state index is -0.274. The summed E-state index contributed by atoms with van der Waals surface area (Å²) < 4.78 is 9.20. The van der Waals surface area contributed by atoms with Gasteiger partial charge in [-0.1, -0.05) is 198 Å². The van der Waals surface area contributed by atoms with E-state index >= 15 is 0 Å².